The molecule has 0 saturated carbocycles. The molecule has 0 bridgehead atoms. The lowest BCUT2D eigenvalue weighted by molar-refractivity contribution is 0.353. The number of aliphatic imine (C=N–C) groups is 1. The van der Waals surface area contributed by atoms with Crippen LogP contribution in [0.2, 0.25) is 0 Å². The maximum absolute atomic E-state index is 3.94. The fourth-order valence-electron chi connectivity index (χ4n) is 0.696. The van der Waals surface area contributed by atoms with Crippen LogP contribution in [0.3, 0.4) is 0 Å². The van der Waals surface area contributed by atoms with E-state index in [1.54, 1.807) is 12.5 Å². The Bertz CT molecular complexity index is 128. The zero-order valence-corrected chi connectivity index (χ0v) is 5.54. The van der Waals surface area contributed by atoms with Crippen LogP contribution in [-0.2, 0) is 0 Å². The van der Waals surface area contributed by atoms with Crippen LogP contribution in [0, 0.1) is 0 Å². The first-order valence-corrected chi connectivity index (χ1v) is 3.12. The van der Waals surface area contributed by atoms with Crippen LogP contribution in [-0.4, -0.2) is 24.4 Å². The molecule has 0 spiro atoms. The highest BCUT2D eigenvalue weighted by atomic mass is 15.5. The van der Waals surface area contributed by atoms with Gasteiger partial charge in [-0.25, -0.2) is 10.4 Å². The van der Waals surface area contributed by atoms with E-state index in [2.05, 4.69) is 17.3 Å². The molecule has 0 aromatic heterocycles. The van der Waals surface area contributed by atoms with E-state index in [0.29, 0.717) is 0 Å². The molecule has 1 N–H and O–H groups in total. The van der Waals surface area contributed by atoms with Gasteiger partial charge in [-0.3, -0.25) is 5.01 Å². The number of nitrogens with one attached hydrogen (secondary N) is 1. The highest BCUT2D eigenvalue weighted by Crippen LogP contribution is 1.87. The van der Waals surface area contributed by atoms with Gasteiger partial charge >= 0.3 is 0 Å². The second-order valence-corrected chi connectivity index (χ2v) is 1.81. The van der Waals surface area contributed by atoms with E-state index in [9.17, 15) is 0 Å². The van der Waals surface area contributed by atoms with Gasteiger partial charge in [0.2, 0.25) is 0 Å². The van der Waals surface area contributed by atoms with Gasteiger partial charge in [-0.1, -0.05) is 6.92 Å². The predicted molar refractivity (Wildman–Crippen MR) is 38.0 cm³/mol. The molecule has 3 nitrogen and oxygen atoms in total. The van der Waals surface area contributed by atoms with Crippen molar-refractivity contribution in [2.75, 3.05) is 13.1 Å². The number of nitrogens with zero attached hydrogens (tertiary/aromatic N) is 2. The minimum atomic E-state index is 0.914. The number of hydrogen-bond acceptors (Lipinski definition) is 3. The summed E-state index contributed by atoms with van der Waals surface area (Å²) in [4.78, 5) is 3.94. The molecule has 1 aliphatic heterocycles. The van der Waals surface area contributed by atoms with Gasteiger partial charge < -0.3 is 0 Å². The summed E-state index contributed by atoms with van der Waals surface area (Å²) in [6.07, 6.45) is 5.58. The summed E-state index contributed by atoms with van der Waals surface area (Å²) in [5.41, 5.74) is 3.12. The number of rotatable bonds is 2. The Morgan fingerprint density at radius 2 is 2.67 bits per heavy atom. The summed E-state index contributed by atoms with van der Waals surface area (Å²) in [7, 11) is 0. The van der Waals surface area contributed by atoms with Crippen LogP contribution < -0.4 is 5.43 Å². The Kier molecular flexibility index (Phi) is 2.27. The number of hydrogen-bond donors (Lipinski definition) is 1. The third-order valence-corrected chi connectivity index (χ3v) is 1.06. The van der Waals surface area contributed by atoms with Crippen LogP contribution in [0.25, 0.3) is 0 Å². The monoisotopic (exact) mass is 125 g/mol. The summed E-state index contributed by atoms with van der Waals surface area (Å²) in [6, 6.07) is 0. The van der Waals surface area contributed by atoms with Crippen molar-refractivity contribution in [3.8, 4) is 0 Å². The molecule has 0 fully saturated rings. The Morgan fingerprint density at radius 3 is 3.22 bits per heavy atom. The molecule has 50 valence electrons. The molecule has 0 aromatic carbocycles. The van der Waals surface area contributed by atoms with Crippen LogP contribution >= 0.6 is 0 Å². The summed E-state index contributed by atoms with van der Waals surface area (Å²) < 4.78 is 0. The van der Waals surface area contributed by atoms with Crippen molar-refractivity contribution in [2.24, 2.45) is 4.99 Å². The molecule has 0 unspecified atom stereocenters. The van der Waals surface area contributed by atoms with Gasteiger partial charge in [-0.15, -0.1) is 0 Å². The zero-order chi connectivity index (χ0) is 6.53. The van der Waals surface area contributed by atoms with E-state index in [-0.39, 0.29) is 0 Å². The molecule has 0 atom stereocenters. The first kappa shape index (κ1) is 6.29. The van der Waals surface area contributed by atoms with Gasteiger partial charge in [0.05, 0.1) is 6.54 Å². The molecule has 1 aliphatic rings. The van der Waals surface area contributed by atoms with Gasteiger partial charge in [0.25, 0.3) is 0 Å². The van der Waals surface area contributed by atoms with Crippen LogP contribution in [0.5, 0.6) is 0 Å². The van der Waals surface area contributed by atoms with Crippen LogP contribution in [0.15, 0.2) is 17.3 Å². The molecule has 0 aliphatic carbocycles. The van der Waals surface area contributed by atoms with Crippen LogP contribution in [0.1, 0.15) is 6.92 Å². The molecule has 0 saturated heterocycles. The maximum Gasteiger partial charge on any atom is 0.105 e. The quantitative estimate of drug-likeness (QED) is 0.577. The highest BCUT2D eigenvalue weighted by Gasteiger charge is 1.94. The van der Waals surface area contributed by atoms with E-state index in [1.165, 1.54) is 0 Å². The predicted octanol–water partition coefficient (Wildman–Crippen LogP) is 0.369. The third kappa shape index (κ3) is 1.85. The van der Waals surface area contributed by atoms with E-state index < -0.39 is 0 Å². The number of hydrazine groups is 1. The first-order valence-electron chi connectivity index (χ1n) is 3.12. The molecule has 0 radical (unpaired) electrons. The Morgan fingerprint density at radius 1 is 1.78 bits per heavy atom. The standard InChI is InChI=1S/C6H11N3/c1-2-8-9-5-3-4-7-6-9/h3-4,6,8H,2,5H2,1H3. The SMILES string of the molecule is CCNN1C=NC=CC1. The Balaban J connectivity index is 2.28. The normalized spacial score (nSPS) is 16.8. The van der Waals surface area contributed by atoms with Gasteiger partial charge in [0.1, 0.15) is 6.34 Å². The van der Waals surface area contributed by atoms with E-state index in [1.807, 2.05) is 11.1 Å². The van der Waals surface area contributed by atoms with E-state index >= 15 is 0 Å². The van der Waals surface area contributed by atoms with Crippen LogP contribution in [0.4, 0.5) is 0 Å². The van der Waals surface area contributed by atoms with Gasteiger partial charge in [-0.05, 0) is 6.08 Å². The van der Waals surface area contributed by atoms with Crippen molar-refractivity contribution < 1.29 is 0 Å². The van der Waals surface area contributed by atoms with E-state index in [0.717, 1.165) is 13.1 Å². The van der Waals surface area contributed by atoms with Gasteiger partial charge in [-0.2, -0.15) is 0 Å². The minimum absolute atomic E-state index is 0.914. The second kappa shape index (κ2) is 3.25. The second-order valence-electron chi connectivity index (χ2n) is 1.81. The zero-order valence-electron chi connectivity index (χ0n) is 5.54. The molecule has 1 rings (SSSR count). The molecular weight excluding hydrogens is 114 g/mol. The Labute approximate surface area is 55.0 Å². The van der Waals surface area contributed by atoms with E-state index in [4.69, 9.17) is 0 Å². The summed E-state index contributed by atoms with van der Waals surface area (Å²) in [5.74, 6) is 0. The average molecular weight is 125 g/mol. The van der Waals surface area contributed by atoms with Crippen molar-refractivity contribution in [1.82, 2.24) is 10.4 Å². The molecule has 0 aromatic rings. The van der Waals surface area contributed by atoms with Crippen molar-refractivity contribution in [3.05, 3.63) is 12.3 Å². The van der Waals surface area contributed by atoms with Crippen molar-refractivity contribution in [2.45, 2.75) is 6.92 Å². The van der Waals surface area contributed by atoms with Gasteiger partial charge in [0.15, 0.2) is 0 Å². The summed E-state index contributed by atoms with van der Waals surface area (Å²) in [6.45, 7) is 3.92. The third-order valence-electron chi connectivity index (χ3n) is 1.06. The molecule has 9 heavy (non-hydrogen) atoms. The van der Waals surface area contributed by atoms with Crippen molar-refractivity contribution >= 4 is 6.34 Å². The first-order chi connectivity index (χ1) is 4.43. The molecule has 3 heteroatoms. The fourth-order valence-corrected chi connectivity index (χ4v) is 0.696. The lowest BCUT2D eigenvalue weighted by Crippen LogP contribution is -2.37. The smallest absolute Gasteiger partial charge is 0.105 e. The molecule has 1 heterocycles. The molecular formula is C6H11N3. The highest BCUT2D eigenvalue weighted by molar-refractivity contribution is 5.56. The lowest BCUT2D eigenvalue weighted by atomic mass is 10.5. The fraction of sp³-hybridized carbons (Fsp3) is 0.500. The Hall–Kier alpha value is -0.830. The average Bonchev–Trinajstić information content (AvgIpc) is 1.91. The lowest BCUT2D eigenvalue weighted by Gasteiger charge is -2.18. The van der Waals surface area contributed by atoms with Gasteiger partial charge in [0, 0.05) is 12.7 Å². The molecule has 0 amide bonds. The largest absolute Gasteiger partial charge is 0.294 e. The summed E-state index contributed by atoms with van der Waals surface area (Å²) >= 11 is 0. The van der Waals surface area contributed by atoms with Crippen molar-refractivity contribution in [3.63, 3.8) is 0 Å². The van der Waals surface area contributed by atoms with Crippen molar-refractivity contribution in [1.29, 1.82) is 0 Å². The topological polar surface area (TPSA) is 27.6 Å². The maximum atomic E-state index is 3.94. The minimum Gasteiger partial charge on any atom is -0.294 e. The summed E-state index contributed by atoms with van der Waals surface area (Å²) in [5, 5.41) is 1.94.